The normalized spacial score (nSPS) is 10.9. The molecule has 7 nitrogen and oxygen atoms in total. The van der Waals surface area contributed by atoms with Crippen LogP contribution in [0.25, 0.3) is 0 Å². The van der Waals surface area contributed by atoms with Gasteiger partial charge in [-0.3, -0.25) is 14.9 Å². The second kappa shape index (κ2) is 15.3. The van der Waals surface area contributed by atoms with Crippen LogP contribution in [0.1, 0.15) is 31.4 Å². The first-order valence-corrected chi connectivity index (χ1v) is 9.02. The number of anilines is 1. The van der Waals surface area contributed by atoms with E-state index in [1.165, 1.54) is 6.07 Å². The van der Waals surface area contributed by atoms with Crippen LogP contribution in [0.15, 0.2) is 40.9 Å². The molecule has 0 atom stereocenters. The van der Waals surface area contributed by atoms with Gasteiger partial charge in [0, 0.05) is 50.3 Å². The summed E-state index contributed by atoms with van der Waals surface area (Å²) in [4.78, 5) is 24.4. The van der Waals surface area contributed by atoms with Gasteiger partial charge < -0.3 is 28.6 Å². The number of halogens is 1. The maximum absolute atomic E-state index is 12.3. The van der Waals surface area contributed by atoms with Crippen LogP contribution in [0.2, 0.25) is 0 Å². The van der Waals surface area contributed by atoms with E-state index in [9.17, 15) is 14.9 Å². The summed E-state index contributed by atoms with van der Waals surface area (Å²) in [5.74, 6) is 0.0251. The number of benzene rings is 2. The quantitative estimate of drug-likeness (QED) is 0.255. The van der Waals surface area contributed by atoms with Crippen LogP contribution in [-0.4, -0.2) is 10.8 Å². The number of hydrogen-bond acceptors (Lipinski definition) is 5. The number of nitro benzene ring substituents is 1. The van der Waals surface area contributed by atoms with Crippen molar-refractivity contribution in [1.82, 2.24) is 0 Å². The molecule has 0 unspecified atom stereocenters. The monoisotopic (exact) mass is 505 g/mol. The topological polar surface area (TPSA) is 111 Å². The molecule has 1 amide bonds. The van der Waals surface area contributed by atoms with Gasteiger partial charge >= 0.3 is 0 Å². The van der Waals surface area contributed by atoms with E-state index in [4.69, 9.17) is 23.7 Å². The van der Waals surface area contributed by atoms with Gasteiger partial charge in [0.2, 0.25) is 5.91 Å². The van der Waals surface area contributed by atoms with Gasteiger partial charge in [0.1, 0.15) is 0 Å². The molecule has 0 radical (unpaired) electrons. The number of carbonyl (C=O) groups is 1. The Morgan fingerprint density at radius 3 is 2.38 bits per heavy atom. The van der Waals surface area contributed by atoms with Crippen LogP contribution in [0.5, 0.6) is 0 Å². The van der Waals surface area contributed by atoms with E-state index in [0.717, 1.165) is 21.3 Å². The number of non-ortho nitro benzene ring substituents is 1. The molecule has 0 saturated heterocycles. The molecular weight excluding hydrogens is 490 g/mol. The Bertz CT molecular complexity index is 850. The minimum atomic E-state index is -0.413. The van der Waals surface area contributed by atoms with E-state index >= 15 is 0 Å². The summed E-state index contributed by atoms with van der Waals surface area (Å²) in [6, 6.07) is 13.2. The van der Waals surface area contributed by atoms with E-state index in [2.05, 4.69) is 22.0 Å². The number of carbonyl (C=O) groups excluding carboxylic acids is 1. The zero-order valence-corrected chi connectivity index (χ0v) is 20.7. The Morgan fingerprint density at radius 2 is 1.83 bits per heavy atom. The molecule has 2 aromatic carbocycles. The zero-order chi connectivity index (χ0) is 21.7. The Labute approximate surface area is 192 Å². The fourth-order valence-corrected chi connectivity index (χ4v) is 2.94. The molecule has 0 fully saturated rings. The number of nitrogens with zero attached hydrogens (tertiary/aromatic N) is 4. The largest absolute Gasteiger partial charge is 0.512 e. The summed E-state index contributed by atoms with van der Waals surface area (Å²) >= 11 is 3.47. The predicted molar refractivity (Wildman–Crippen MR) is 107 cm³/mol. The first-order chi connectivity index (χ1) is 13.6. The number of rotatable bonds is 3. The SMILES string of the molecule is CC.O=C1CCc2cc([N+](=O)[O-])ccc2N1Cc1c[c-]ccc1Br.[C-]#N.[C-]#N.[Zn]. The van der Waals surface area contributed by atoms with Crippen molar-refractivity contribution in [1.29, 1.82) is 10.5 Å². The van der Waals surface area contributed by atoms with Crippen LogP contribution in [0.3, 0.4) is 0 Å². The van der Waals surface area contributed by atoms with Gasteiger partial charge in [-0.05, 0) is 18.1 Å². The van der Waals surface area contributed by atoms with Crippen molar-refractivity contribution in [3.8, 4) is 0 Å². The minimum Gasteiger partial charge on any atom is -0.512 e. The van der Waals surface area contributed by atoms with Crippen molar-refractivity contribution < 1.29 is 29.2 Å². The van der Waals surface area contributed by atoms with Crippen molar-refractivity contribution in [3.63, 3.8) is 0 Å². The molecule has 29 heavy (non-hydrogen) atoms. The Balaban J connectivity index is 0. The average molecular weight is 508 g/mol. The summed E-state index contributed by atoms with van der Waals surface area (Å²) in [6.07, 6.45) is 0.900. The molecule has 0 aliphatic carbocycles. The maximum Gasteiger partial charge on any atom is 0.269 e. The summed E-state index contributed by atoms with van der Waals surface area (Å²) in [5.41, 5.74) is 2.59. The molecule has 2 aromatic rings. The fourth-order valence-electron chi connectivity index (χ4n) is 2.57. The number of nitro groups is 1. The van der Waals surface area contributed by atoms with Gasteiger partial charge in [-0.1, -0.05) is 34.3 Å². The first kappa shape index (κ1) is 28.6. The van der Waals surface area contributed by atoms with Crippen LogP contribution in [0, 0.1) is 39.8 Å². The smallest absolute Gasteiger partial charge is 0.269 e. The molecule has 0 spiro atoms. The molecule has 1 heterocycles. The maximum atomic E-state index is 12.3. The Kier molecular flexibility index (Phi) is 15.1. The molecule has 3 rings (SSSR count). The van der Waals surface area contributed by atoms with E-state index in [-0.39, 0.29) is 31.1 Å². The third-order valence-corrected chi connectivity index (χ3v) is 4.47. The van der Waals surface area contributed by atoms with Crippen LogP contribution in [-0.2, 0) is 37.2 Å². The predicted octanol–water partition coefficient (Wildman–Crippen LogP) is 4.85. The third kappa shape index (κ3) is 7.73. The molecular formula is C20H18BrN4O3Zn-3. The van der Waals surface area contributed by atoms with Crippen molar-refractivity contribution in [2.24, 2.45) is 0 Å². The average Bonchev–Trinajstić information content (AvgIpc) is 2.75. The summed E-state index contributed by atoms with van der Waals surface area (Å²) < 4.78 is 0.910. The first-order valence-electron chi connectivity index (χ1n) is 8.23. The van der Waals surface area contributed by atoms with E-state index in [0.29, 0.717) is 19.4 Å². The van der Waals surface area contributed by atoms with Crippen LogP contribution < -0.4 is 4.90 Å². The summed E-state index contributed by atoms with van der Waals surface area (Å²) in [7, 11) is 0. The molecule has 148 valence electrons. The van der Waals surface area contributed by atoms with Crippen molar-refractivity contribution in [3.05, 3.63) is 81.3 Å². The van der Waals surface area contributed by atoms with Crippen molar-refractivity contribution in [2.45, 2.75) is 33.2 Å². The summed E-state index contributed by atoms with van der Waals surface area (Å²) in [6.45, 7) is 13.9. The molecule has 0 saturated carbocycles. The van der Waals surface area contributed by atoms with Crippen molar-refractivity contribution >= 4 is 33.2 Å². The number of amides is 1. The number of hydrogen-bond donors (Lipinski definition) is 0. The van der Waals surface area contributed by atoms with E-state index in [1.807, 2.05) is 26.0 Å². The minimum absolute atomic E-state index is 0. The van der Waals surface area contributed by atoms with E-state index in [1.54, 1.807) is 23.1 Å². The van der Waals surface area contributed by atoms with Gasteiger partial charge in [-0.2, -0.15) is 24.3 Å². The fraction of sp³-hybridized carbons (Fsp3) is 0.250. The van der Waals surface area contributed by atoms with Gasteiger partial charge in [0.25, 0.3) is 5.69 Å². The van der Waals surface area contributed by atoms with Gasteiger partial charge in [-0.15, -0.1) is 5.56 Å². The molecule has 1 aliphatic heterocycles. The molecule has 0 N–H and O–H groups in total. The van der Waals surface area contributed by atoms with E-state index < -0.39 is 4.92 Å². The van der Waals surface area contributed by atoms with Crippen molar-refractivity contribution in [2.75, 3.05) is 4.90 Å². The molecule has 9 heteroatoms. The Hall–Kier alpha value is -2.61. The number of aryl methyl sites for hydroxylation is 1. The van der Waals surface area contributed by atoms with Crippen LogP contribution >= 0.6 is 15.9 Å². The van der Waals surface area contributed by atoms with Gasteiger partial charge in [0.05, 0.1) is 4.92 Å². The van der Waals surface area contributed by atoms with Gasteiger partial charge in [-0.25, -0.2) is 0 Å². The molecule has 1 aliphatic rings. The second-order valence-corrected chi connectivity index (χ2v) is 5.92. The number of fused-ring (bicyclic) bond motifs is 1. The molecule has 0 aromatic heterocycles. The van der Waals surface area contributed by atoms with Gasteiger partial charge in [0.15, 0.2) is 0 Å². The van der Waals surface area contributed by atoms with Crippen LogP contribution in [0.4, 0.5) is 11.4 Å². The zero-order valence-electron chi connectivity index (χ0n) is 16.2. The standard InChI is InChI=1S/C16H12BrN2O3.C2H6.2CN.Zn/c17-14-4-2-1-3-12(14)10-18-15-7-6-13(19(21)22)9-11(15)5-8-16(18)20;3*1-2;/h2-4,6-7,9H,5,8,10H2;1-2H3;;;/q-1;;2*-1;. The molecule has 0 bridgehead atoms. The second-order valence-electron chi connectivity index (χ2n) is 5.07. The Morgan fingerprint density at radius 1 is 1.21 bits per heavy atom. The summed E-state index contributed by atoms with van der Waals surface area (Å²) in [5, 5.41) is 23.4. The third-order valence-electron chi connectivity index (χ3n) is 3.69.